The quantitative estimate of drug-likeness (QED) is 0.707. The summed E-state index contributed by atoms with van der Waals surface area (Å²) >= 11 is 0. The van der Waals surface area contributed by atoms with Crippen molar-refractivity contribution in [3.05, 3.63) is 0 Å². The first-order chi connectivity index (χ1) is 13.9. The Kier molecular flexibility index (Phi) is 5.19. The number of nitrogens with zero attached hydrogens (tertiary/aromatic N) is 2. The summed E-state index contributed by atoms with van der Waals surface area (Å²) in [6.45, 7) is 8.69. The van der Waals surface area contributed by atoms with Gasteiger partial charge in [-0.3, -0.25) is 9.59 Å². The van der Waals surface area contributed by atoms with E-state index in [-0.39, 0.29) is 0 Å². The van der Waals surface area contributed by atoms with Crippen LogP contribution in [0.5, 0.6) is 0 Å². The van der Waals surface area contributed by atoms with Gasteiger partial charge in [-0.2, -0.15) is 0 Å². The Balaban J connectivity index is 1.16. The van der Waals surface area contributed by atoms with Crippen molar-refractivity contribution < 1.29 is 9.59 Å². The van der Waals surface area contributed by atoms with Gasteiger partial charge in [0.2, 0.25) is 11.8 Å². The molecule has 0 bridgehead atoms. The van der Waals surface area contributed by atoms with Crippen LogP contribution in [0.1, 0.15) is 78.1 Å². The molecule has 3 saturated carbocycles. The van der Waals surface area contributed by atoms with Gasteiger partial charge in [0.25, 0.3) is 0 Å². The van der Waals surface area contributed by atoms with Crippen molar-refractivity contribution in [1.82, 2.24) is 9.80 Å². The smallest absolute Gasteiger partial charge is 0.225 e. The molecule has 0 aromatic carbocycles. The molecule has 3 aliphatic carbocycles. The molecular weight excluding hydrogens is 360 g/mol. The lowest BCUT2D eigenvalue weighted by atomic mass is 9.59. The number of hydrogen-bond acceptors (Lipinski definition) is 2. The minimum Gasteiger partial charge on any atom is -0.342 e. The molecule has 0 aromatic heterocycles. The second kappa shape index (κ2) is 7.57. The van der Waals surface area contributed by atoms with Crippen molar-refractivity contribution in [1.29, 1.82) is 0 Å². The maximum absolute atomic E-state index is 12.8. The molecule has 5 fully saturated rings. The molecule has 2 amide bonds. The van der Waals surface area contributed by atoms with Gasteiger partial charge in [0.05, 0.1) is 0 Å². The molecule has 0 radical (unpaired) electrons. The molecule has 0 aromatic rings. The van der Waals surface area contributed by atoms with Crippen LogP contribution in [-0.2, 0) is 9.59 Å². The molecule has 2 saturated heterocycles. The molecule has 4 heteroatoms. The van der Waals surface area contributed by atoms with Crippen LogP contribution in [-0.4, -0.2) is 47.8 Å². The molecule has 4 atom stereocenters. The first-order valence-corrected chi connectivity index (χ1v) is 12.5. The number of hydrogen-bond donors (Lipinski definition) is 0. The molecule has 5 aliphatic rings. The fourth-order valence-electron chi connectivity index (χ4n) is 7.59. The highest BCUT2D eigenvalue weighted by Crippen LogP contribution is 2.53. The fourth-order valence-corrected chi connectivity index (χ4v) is 7.59. The Hall–Kier alpha value is -1.06. The van der Waals surface area contributed by atoms with Crippen molar-refractivity contribution >= 4 is 11.8 Å². The van der Waals surface area contributed by atoms with E-state index in [1.165, 1.54) is 38.5 Å². The highest BCUT2D eigenvalue weighted by atomic mass is 16.2. The van der Waals surface area contributed by atoms with Gasteiger partial charge in [-0.1, -0.05) is 26.7 Å². The average Bonchev–Trinajstić information content (AvgIpc) is 3.35. The summed E-state index contributed by atoms with van der Waals surface area (Å²) < 4.78 is 0. The second-order valence-corrected chi connectivity index (χ2v) is 11.7. The average molecular weight is 401 g/mol. The van der Waals surface area contributed by atoms with Crippen LogP contribution in [0, 0.1) is 40.9 Å². The zero-order valence-corrected chi connectivity index (χ0v) is 18.6. The first-order valence-electron chi connectivity index (χ1n) is 12.5. The van der Waals surface area contributed by atoms with Crippen molar-refractivity contribution in [3.63, 3.8) is 0 Å². The van der Waals surface area contributed by atoms with Gasteiger partial charge in [0.15, 0.2) is 0 Å². The molecule has 0 N–H and O–H groups in total. The highest BCUT2D eigenvalue weighted by Gasteiger charge is 2.52. The summed E-state index contributed by atoms with van der Waals surface area (Å²) in [7, 11) is 0. The zero-order valence-electron chi connectivity index (χ0n) is 18.6. The number of amides is 2. The van der Waals surface area contributed by atoms with Gasteiger partial charge in [0.1, 0.15) is 0 Å². The predicted octanol–water partition coefficient (Wildman–Crippen LogP) is 4.34. The van der Waals surface area contributed by atoms with Gasteiger partial charge in [-0.05, 0) is 75.0 Å². The minimum absolute atomic E-state index is 0.291. The summed E-state index contributed by atoms with van der Waals surface area (Å²) in [4.78, 5) is 29.9. The van der Waals surface area contributed by atoms with E-state index in [1.54, 1.807) is 0 Å². The highest BCUT2D eigenvalue weighted by molar-refractivity contribution is 5.80. The third-order valence-electron chi connectivity index (χ3n) is 9.40. The number of carbonyl (C=O) groups excluding carboxylic acids is 2. The summed E-state index contributed by atoms with van der Waals surface area (Å²) in [6.07, 6.45) is 12.1. The van der Waals surface area contributed by atoms with Gasteiger partial charge in [0, 0.05) is 43.4 Å². The van der Waals surface area contributed by atoms with Crippen molar-refractivity contribution in [2.24, 2.45) is 40.9 Å². The van der Waals surface area contributed by atoms with E-state index in [2.05, 4.69) is 23.6 Å². The minimum atomic E-state index is 0.291. The van der Waals surface area contributed by atoms with Gasteiger partial charge in [-0.25, -0.2) is 0 Å². The van der Waals surface area contributed by atoms with Crippen LogP contribution >= 0.6 is 0 Å². The molecule has 1 spiro atoms. The van der Waals surface area contributed by atoms with Crippen LogP contribution in [0.4, 0.5) is 0 Å². The topological polar surface area (TPSA) is 40.6 Å². The molecular formula is C25H40N2O2. The molecule has 5 rings (SSSR count). The third-order valence-corrected chi connectivity index (χ3v) is 9.40. The summed E-state index contributed by atoms with van der Waals surface area (Å²) in [5.74, 6) is 4.50. The van der Waals surface area contributed by atoms with Crippen LogP contribution in [0.2, 0.25) is 0 Å². The lowest BCUT2D eigenvalue weighted by Crippen LogP contribution is -2.61. The van der Waals surface area contributed by atoms with Crippen molar-refractivity contribution in [2.75, 3.05) is 26.2 Å². The number of carbonyl (C=O) groups is 2. The third kappa shape index (κ3) is 3.63. The van der Waals surface area contributed by atoms with Crippen LogP contribution in [0.25, 0.3) is 0 Å². The molecule has 2 aliphatic heterocycles. The van der Waals surface area contributed by atoms with Crippen LogP contribution in [0.15, 0.2) is 0 Å². The Bertz CT molecular complexity index is 643. The van der Waals surface area contributed by atoms with E-state index in [0.717, 1.165) is 69.6 Å². The van der Waals surface area contributed by atoms with Crippen molar-refractivity contribution in [2.45, 2.75) is 78.1 Å². The first kappa shape index (κ1) is 19.9. The van der Waals surface area contributed by atoms with Gasteiger partial charge in [-0.15, -0.1) is 0 Å². The molecule has 4 nitrogen and oxygen atoms in total. The van der Waals surface area contributed by atoms with E-state index >= 15 is 0 Å². The fraction of sp³-hybridized carbons (Fsp3) is 0.920. The zero-order chi connectivity index (χ0) is 20.2. The normalized spacial score (nSPS) is 37.6. The summed E-state index contributed by atoms with van der Waals surface area (Å²) in [5, 5.41) is 0. The molecule has 162 valence electrons. The Morgan fingerprint density at radius 1 is 0.828 bits per heavy atom. The molecule has 4 unspecified atom stereocenters. The van der Waals surface area contributed by atoms with E-state index in [9.17, 15) is 9.59 Å². The Labute approximate surface area is 176 Å². The standard InChI is InChI=1S/C25H40N2O2/c1-17-13-26(14-17)24(29)21-8-7-20(11-21)22-12-25(10-9-18(22)2)15-27(16-25)23(28)19-5-3-4-6-19/h17-22H,3-16H2,1-2H3. The second-order valence-electron chi connectivity index (χ2n) is 11.7. The number of rotatable bonds is 3. The van der Waals surface area contributed by atoms with Gasteiger partial charge < -0.3 is 9.80 Å². The number of likely N-dealkylation sites (tertiary alicyclic amines) is 2. The monoisotopic (exact) mass is 400 g/mol. The maximum Gasteiger partial charge on any atom is 0.225 e. The lowest BCUT2D eigenvalue weighted by molar-refractivity contribution is -0.153. The van der Waals surface area contributed by atoms with E-state index < -0.39 is 0 Å². The predicted molar refractivity (Wildman–Crippen MR) is 114 cm³/mol. The van der Waals surface area contributed by atoms with Crippen LogP contribution in [0.3, 0.4) is 0 Å². The maximum atomic E-state index is 12.8. The van der Waals surface area contributed by atoms with Crippen molar-refractivity contribution in [3.8, 4) is 0 Å². The van der Waals surface area contributed by atoms with E-state index in [4.69, 9.17) is 0 Å². The van der Waals surface area contributed by atoms with E-state index in [1.807, 2.05) is 0 Å². The lowest BCUT2D eigenvalue weighted by Gasteiger charge is -2.56. The Morgan fingerprint density at radius 2 is 1.52 bits per heavy atom. The van der Waals surface area contributed by atoms with Crippen LogP contribution < -0.4 is 0 Å². The SMILES string of the molecule is CC1CN(C(=O)C2CCC(C3CC4(CCC3C)CN(C(=O)C3CCCC3)C4)C2)C1. The largest absolute Gasteiger partial charge is 0.342 e. The van der Waals surface area contributed by atoms with E-state index in [0.29, 0.717) is 35.0 Å². The Morgan fingerprint density at radius 3 is 2.21 bits per heavy atom. The van der Waals surface area contributed by atoms with Gasteiger partial charge >= 0.3 is 0 Å². The summed E-state index contributed by atoms with van der Waals surface area (Å²) in [5.41, 5.74) is 0.403. The summed E-state index contributed by atoms with van der Waals surface area (Å²) in [6, 6.07) is 0. The molecule has 29 heavy (non-hydrogen) atoms. The molecule has 2 heterocycles.